The van der Waals surface area contributed by atoms with Crippen LogP contribution in [0.15, 0.2) is 61.2 Å². The van der Waals surface area contributed by atoms with Gasteiger partial charge in [-0.3, -0.25) is 0 Å². The number of halogens is 2. The number of allylic oxidation sites excluding steroid dienone is 3. The van der Waals surface area contributed by atoms with E-state index in [4.69, 9.17) is 9.47 Å². The zero-order valence-electron chi connectivity index (χ0n) is 12.7. The van der Waals surface area contributed by atoms with Crippen molar-refractivity contribution in [2.45, 2.75) is 13.3 Å². The van der Waals surface area contributed by atoms with Crippen LogP contribution in [-0.2, 0) is 0 Å². The summed E-state index contributed by atoms with van der Waals surface area (Å²) in [6, 6.07) is 2.69. The lowest BCUT2D eigenvalue weighted by Crippen LogP contribution is -2.04. The van der Waals surface area contributed by atoms with E-state index in [1.165, 1.54) is 12.1 Å². The second-order valence-corrected chi connectivity index (χ2v) is 4.60. The van der Waals surface area contributed by atoms with E-state index in [2.05, 4.69) is 19.7 Å². The summed E-state index contributed by atoms with van der Waals surface area (Å²) in [6.45, 7) is 13.3. The number of hydrogen-bond acceptors (Lipinski definition) is 2. The lowest BCUT2D eigenvalue weighted by molar-refractivity contribution is 0.285. The summed E-state index contributed by atoms with van der Waals surface area (Å²) in [7, 11) is 0. The first-order valence-corrected chi connectivity index (χ1v) is 6.90. The average Bonchev–Trinajstić information content (AvgIpc) is 2.52. The molecule has 0 unspecified atom stereocenters. The molecule has 0 aliphatic heterocycles. The molecule has 2 nitrogen and oxygen atoms in total. The van der Waals surface area contributed by atoms with Gasteiger partial charge in [-0.25, -0.2) is 0 Å². The van der Waals surface area contributed by atoms with Gasteiger partial charge in [0.25, 0.3) is 0 Å². The molecule has 0 heterocycles. The van der Waals surface area contributed by atoms with Crippen LogP contribution in [0.25, 0.3) is 0 Å². The van der Waals surface area contributed by atoms with E-state index in [-0.39, 0.29) is 18.1 Å². The third kappa shape index (κ3) is 5.20. The largest absolute Gasteiger partial charge is 0.490 e. The van der Waals surface area contributed by atoms with Crippen LogP contribution in [0.4, 0.5) is 8.78 Å². The molecule has 0 aliphatic rings. The standard InChI is InChI=1S/C18H20F2O2/c1-5-11-21-15-9-10-16(18(20)17(15)19)22-12-14(4)8-7-13(3)6-2/h6-10H,2-5,11-12H2,1H3/b8-7-. The van der Waals surface area contributed by atoms with E-state index in [0.717, 1.165) is 5.57 Å². The quantitative estimate of drug-likeness (QED) is 0.599. The Hall–Kier alpha value is -2.36. The van der Waals surface area contributed by atoms with Gasteiger partial charge in [-0.05, 0) is 29.7 Å². The van der Waals surface area contributed by atoms with E-state index in [9.17, 15) is 8.78 Å². The van der Waals surface area contributed by atoms with Crippen LogP contribution in [0.2, 0.25) is 0 Å². The highest BCUT2D eigenvalue weighted by Crippen LogP contribution is 2.28. The Morgan fingerprint density at radius 3 is 2.23 bits per heavy atom. The van der Waals surface area contributed by atoms with E-state index in [0.29, 0.717) is 18.6 Å². The minimum absolute atomic E-state index is 0.0342. The minimum atomic E-state index is -1.07. The van der Waals surface area contributed by atoms with Crippen molar-refractivity contribution in [2.75, 3.05) is 13.2 Å². The molecule has 118 valence electrons. The van der Waals surface area contributed by atoms with Crippen molar-refractivity contribution >= 4 is 0 Å². The molecule has 1 aromatic rings. The predicted molar refractivity (Wildman–Crippen MR) is 85.3 cm³/mol. The van der Waals surface area contributed by atoms with Crippen molar-refractivity contribution < 1.29 is 18.3 Å². The molecule has 1 rings (SSSR count). The molecule has 0 aromatic heterocycles. The van der Waals surface area contributed by atoms with Gasteiger partial charge in [-0.15, -0.1) is 0 Å². The maximum absolute atomic E-state index is 13.9. The highest BCUT2D eigenvalue weighted by molar-refractivity contribution is 5.36. The highest BCUT2D eigenvalue weighted by Gasteiger charge is 2.15. The molecular weight excluding hydrogens is 286 g/mol. The van der Waals surface area contributed by atoms with Gasteiger partial charge in [0.15, 0.2) is 11.5 Å². The molecule has 0 radical (unpaired) electrons. The van der Waals surface area contributed by atoms with Crippen LogP contribution in [0, 0.1) is 11.6 Å². The van der Waals surface area contributed by atoms with Gasteiger partial charge in [0.1, 0.15) is 6.61 Å². The molecule has 0 N–H and O–H groups in total. The molecule has 0 saturated heterocycles. The van der Waals surface area contributed by atoms with Crippen molar-refractivity contribution in [1.82, 2.24) is 0 Å². The van der Waals surface area contributed by atoms with Crippen LogP contribution in [0.3, 0.4) is 0 Å². The van der Waals surface area contributed by atoms with Crippen molar-refractivity contribution in [3.63, 3.8) is 0 Å². The topological polar surface area (TPSA) is 18.5 Å². The van der Waals surface area contributed by atoms with Crippen molar-refractivity contribution in [2.24, 2.45) is 0 Å². The summed E-state index contributed by atoms with van der Waals surface area (Å²) in [5.74, 6) is -2.42. The second-order valence-electron chi connectivity index (χ2n) is 4.60. The highest BCUT2D eigenvalue weighted by atomic mass is 19.2. The molecular formula is C18H20F2O2. The van der Waals surface area contributed by atoms with Crippen molar-refractivity contribution in [3.05, 3.63) is 72.9 Å². The Morgan fingerprint density at radius 1 is 1.09 bits per heavy atom. The van der Waals surface area contributed by atoms with Crippen LogP contribution in [0.1, 0.15) is 13.3 Å². The first kappa shape index (κ1) is 17.7. The van der Waals surface area contributed by atoms with Crippen LogP contribution < -0.4 is 9.47 Å². The van der Waals surface area contributed by atoms with Gasteiger partial charge in [-0.1, -0.05) is 44.9 Å². The SMILES string of the molecule is C=CC(=C)/C=C\C(=C)COc1ccc(OCCC)c(F)c1F. The van der Waals surface area contributed by atoms with Gasteiger partial charge >= 0.3 is 0 Å². The fourth-order valence-corrected chi connectivity index (χ4v) is 1.46. The smallest absolute Gasteiger partial charge is 0.204 e. The third-order valence-electron chi connectivity index (χ3n) is 2.68. The molecule has 1 aromatic carbocycles. The number of ether oxygens (including phenoxy) is 2. The van der Waals surface area contributed by atoms with E-state index >= 15 is 0 Å². The molecule has 22 heavy (non-hydrogen) atoms. The summed E-state index contributed by atoms with van der Waals surface area (Å²) < 4.78 is 38.0. The van der Waals surface area contributed by atoms with Crippen molar-refractivity contribution in [3.8, 4) is 11.5 Å². The molecule has 4 heteroatoms. The summed E-state index contributed by atoms with van der Waals surface area (Å²) in [4.78, 5) is 0. The van der Waals surface area contributed by atoms with E-state index in [1.54, 1.807) is 18.2 Å². The van der Waals surface area contributed by atoms with E-state index in [1.807, 2.05) is 6.92 Å². The van der Waals surface area contributed by atoms with Crippen LogP contribution in [-0.4, -0.2) is 13.2 Å². The molecule has 0 fully saturated rings. The number of benzene rings is 1. The monoisotopic (exact) mass is 306 g/mol. The van der Waals surface area contributed by atoms with Crippen LogP contribution in [0.5, 0.6) is 11.5 Å². The van der Waals surface area contributed by atoms with Gasteiger partial charge in [-0.2, -0.15) is 8.78 Å². The van der Waals surface area contributed by atoms with Gasteiger partial charge in [0, 0.05) is 0 Å². The predicted octanol–water partition coefficient (Wildman–Crippen LogP) is 4.99. The molecule has 0 bridgehead atoms. The Bertz CT molecular complexity index is 589. The summed E-state index contributed by atoms with van der Waals surface area (Å²) in [5, 5.41) is 0. The zero-order valence-corrected chi connectivity index (χ0v) is 12.7. The second kappa shape index (κ2) is 8.82. The minimum Gasteiger partial charge on any atom is -0.490 e. The summed E-state index contributed by atoms with van der Waals surface area (Å²) >= 11 is 0. The first-order chi connectivity index (χ1) is 10.5. The Kier molecular flexibility index (Phi) is 7.09. The maximum Gasteiger partial charge on any atom is 0.204 e. The number of rotatable bonds is 9. The Labute approximate surface area is 130 Å². The van der Waals surface area contributed by atoms with Crippen LogP contribution >= 0.6 is 0 Å². The molecule has 0 saturated carbocycles. The molecule has 0 spiro atoms. The van der Waals surface area contributed by atoms with Gasteiger partial charge < -0.3 is 9.47 Å². The summed E-state index contributed by atoms with van der Waals surface area (Å²) in [5.41, 5.74) is 1.31. The van der Waals surface area contributed by atoms with Crippen molar-refractivity contribution in [1.29, 1.82) is 0 Å². The lowest BCUT2D eigenvalue weighted by atomic mass is 10.2. The maximum atomic E-state index is 13.9. The molecule has 0 aliphatic carbocycles. The number of hydrogen-bond donors (Lipinski definition) is 0. The zero-order chi connectivity index (χ0) is 16.5. The Morgan fingerprint density at radius 2 is 1.68 bits per heavy atom. The van der Waals surface area contributed by atoms with Gasteiger partial charge in [0.05, 0.1) is 6.61 Å². The fraction of sp³-hybridized carbons (Fsp3) is 0.222. The lowest BCUT2D eigenvalue weighted by Gasteiger charge is -2.11. The first-order valence-electron chi connectivity index (χ1n) is 6.90. The average molecular weight is 306 g/mol. The fourth-order valence-electron chi connectivity index (χ4n) is 1.46. The molecule has 0 atom stereocenters. The third-order valence-corrected chi connectivity index (χ3v) is 2.68. The van der Waals surface area contributed by atoms with E-state index < -0.39 is 11.6 Å². The Balaban J connectivity index is 2.68. The normalized spacial score (nSPS) is 10.5. The molecule has 0 amide bonds. The van der Waals surface area contributed by atoms with Gasteiger partial charge in [0.2, 0.25) is 11.6 Å². The summed E-state index contributed by atoms with van der Waals surface area (Å²) in [6.07, 6.45) is 5.69.